The maximum absolute atomic E-state index is 12.7. The van der Waals surface area contributed by atoms with Crippen molar-refractivity contribution in [3.8, 4) is 11.5 Å². The van der Waals surface area contributed by atoms with Gasteiger partial charge in [-0.05, 0) is 46.5 Å². The van der Waals surface area contributed by atoms with Crippen molar-refractivity contribution >= 4 is 7.82 Å². The zero-order valence-corrected chi connectivity index (χ0v) is 22.4. The van der Waals surface area contributed by atoms with Crippen LogP contribution in [0.4, 0.5) is 0 Å². The third-order valence-electron chi connectivity index (χ3n) is 6.58. The average molecular weight is 494 g/mol. The van der Waals surface area contributed by atoms with E-state index >= 15 is 0 Å². The molecule has 0 spiro atoms. The van der Waals surface area contributed by atoms with Crippen molar-refractivity contribution in [2.45, 2.75) is 38.5 Å². The van der Waals surface area contributed by atoms with E-state index in [1.807, 2.05) is 60.7 Å². The van der Waals surface area contributed by atoms with Gasteiger partial charge in [-0.15, -0.1) is 0 Å². The van der Waals surface area contributed by atoms with E-state index in [1.54, 1.807) is 24.3 Å². The largest absolute Gasteiger partial charge is 1.00 e. The molecule has 36 heavy (non-hydrogen) atoms. The van der Waals surface area contributed by atoms with Gasteiger partial charge in [-0.25, -0.2) is 4.57 Å². The zero-order chi connectivity index (χ0) is 25.1. The first-order valence-corrected chi connectivity index (χ1v) is 13.1. The van der Waals surface area contributed by atoms with E-state index in [2.05, 4.69) is 52.0 Å². The molecule has 0 bridgehead atoms. The topological polar surface area (TPSA) is 55.8 Å². The van der Waals surface area contributed by atoms with Crippen LogP contribution in [0.3, 0.4) is 0 Å². The van der Waals surface area contributed by atoms with E-state index in [9.17, 15) is 9.46 Å². The Kier molecular flexibility index (Phi) is 8.60. The van der Waals surface area contributed by atoms with Crippen LogP contribution in [0.25, 0.3) is 0 Å². The average Bonchev–Trinajstić information content (AvgIpc) is 2.85. The predicted octanol–water partition coefficient (Wildman–Crippen LogP) is 5.01. The van der Waals surface area contributed by atoms with Crippen molar-refractivity contribution in [2.24, 2.45) is 0 Å². The van der Waals surface area contributed by atoms with Crippen molar-refractivity contribution in [1.82, 2.24) is 0 Å². The summed E-state index contributed by atoms with van der Waals surface area (Å²) in [5, 5.41) is 0. The van der Waals surface area contributed by atoms with Crippen LogP contribution in [0.2, 0.25) is 0 Å². The van der Waals surface area contributed by atoms with Gasteiger partial charge in [0, 0.05) is 10.8 Å². The molecule has 0 fully saturated rings. The Hall–Kier alpha value is -2.73. The van der Waals surface area contributed by atoms with Gasteiger partial charge in [-0.2, -0.15) is 0 Å². The van der Waals surface area contributed by atoms with E-state index in [0.29, 0.717) is 0 Å². The molecule has 0 aliphatic heterocycles. The summed E-state index contributed by atoms with van der Waals surface area (Å²) in [5.74, 6) is 0.538. The molecule has 0 aromatic heterocycles. The van der Waals surface area contributed by atoms with Crippen LogP contribution in [0.5, 0.6) is 11.5 Å². The minimum absolute atomic E-state index is 0. The smallest absolute Gasteiger partial charge is 1.00 e. The fourth-order valence-corrected chi connectivity index (χ4v) is 5.01. The number of hydrogen-bond donors (Lipinski definition) is 1. The SMILES string of the molecule is CC(C)(c1ccccc1)c1ccc(OP(=O)(O)Oc2ccc(C(C)(C)c3ccccc3)cc2)cc1.[H-].[Li+]. The van der Waals surface area contributed by atoms with Gasteiger partial charge in [0.25, 0.3) is 0 Å². The monoisotopic (exact) mass is 494 g/mol. The Balaban J connectivity index is 0.00000241. The molecule has 182 valence electrons. The number of rotatable bonds is 8. The van der Waals surface area contributed by atoms with E-state index in [0.717, 1.165) is 11.1 Å². The van der Waals surface area contributed by atoms with Crippen molar-refractivity contribution in [3.63, 3.8) is 0 Å². The molecule has 0 aliphatic carbocycles. The molecule has 0 aliphatic rings. The normalized spacial score (nSPS) is 11.9. The van der Waals surface area contributed by atoms with Gasteiger partial charge >= 0.3 is 26.7 Å². The molecule has 4 aromatic rings. The van der Waals surface area contributed by atoms with Crippen LogP contribution in [0, 0.1) is 0 Å². The summed E-state index contributed by atoms with van der Waals surface area (Å²) in [6.45, 7) is 8.56. The first kappa shape index (κ1) is 27.8. The molecule has 6 heteroatoms. The standard InChI is InChI=1S/C30H31O4P.Li.H/c1-29(2,23-11-7-5-8-12-23)25-15-19-27(20-16-25)33-35(31,32)34-28-21-17-26(18-22-28)30(3,4)24-13-9-6-10-14-24;;/h5-22H,1-4H3,(H,31,32);;/q;+1;-1. The van der Waals surface area contributed by atoms with E-state index in [4.69, 9.17) is 9.05 Å². The molecule has 4 rings (SSSR count). The Bertz CT molecular complexity index is 1210. The Labute approximate surface area is 227 Å². The molecule has 0 saturated carbocycles. The van der Waals surface area contributed by atoms with Gasteiger partial charge in [-0.3, -0.25) is 4.89 Å². The van der Waals surface area contributed by atoms with Gasteiger partial charge in [0.15, 0.2) is 0 Å². The third-order valence-corrected chi connectivity index (χ3v) is 7.47. The number of hydrogen-bond acceptors (Lipinski definition) is 3. The minimum atomic E-state index is -4.36. The molecular formula is C30H32LiO4P. The Morgan fingerprint density at radius 3 is 1.14 bits per heavy atom. The molecule has 0 saturated heterocycles. The van der Waals surface area contributed by atoms with Crippen LogP contribution < -0.4 is 27.9 Å². The molecule has 0 amide bonds. The van der Waals surface area contributed by atoms with Crippen LogP contribution in [-0.2, 0) is 15.4 Å². The first-order chi connectivity index (χ1) is 16.6. The van der Waals surface area contributed by atoms with Crippen LogP contribution >= 0.6 is 7.82 Å². The van der Waals surface area contributed by atoms with E-state index in [-0.39, 0.29) is 42.6 Å². The minimum Gasteiger partial charge on any atom is -1.00 e. The molecule has 0 unspecified atom stereocenters. The zero-order valence-electron chi connectivity index (χ0n) is 22.5. The second-order valence-electron chi connectivity index (χ2n) is 9.68. The molecule has 4 aromatic carbocycles. The Morgan fingerprint density at radius 1 is 0.556 bits per heavy atom. The van der Waals surface area contributed by atoms with Gasteiger partial charge in [0.2, 0.25) is 0 Å². The van der Waals surface area contributed by atoms with Crippen LogP contribution in [-0.4, -0.2) is 4.89 Å². The number of phosphoric acid groups is 1. The summed E-state index contributed by atoms with van der Waals surface area (Å²) in [4.78, 5) is 10.3. The van der Waals surface area contributed by atoms with Gasteiger partial charge in [0.05, 0.1) is 0 Å². The quantitative estimate of drug-likeness (QED) is 0.276. The van der Waals surface area contributed by atoms with Crippen LogP contribution in [0.15, 0.2) is 109 Å². The molecular weight excluding hydrogens is 462 g/mol. The summed E-state index contributed by atoms with van der Waals surface area (Å²) in [6.07, 6.45) is 0. The molecule has 0 atom stereocenters. The molecule has 1 N–H and O–H groups in total. The fraction of sp³-hybridized carbons (Fsp3) is 0.200. The maximum Gasteiger partial charge on any atom is 1.00 e. The van der Waals surface area contributed by atoms with Gasteiger partial charge in [-0.1, -0.05) is 113 Å². The molecule has 0 radical (unpaired) electrons. The Morgan fingerprint density at radius 2 is 0.833 bits per heavy atom. The van der Waals surface area contributed by atoms with Crippen molar-refractivity contribution in [1.29, 1.82) is 0 Å². The third kappa shape index (κ3) is 6.33. The summed E-state index contributed by atoms with van der Waals surface area (Å²) < 4.78 is 23.3. The van der Waals surface area contributed by atoms with E-state index in [1.165, 1.54) is 11.1 Å². The second kappa shape index (κ2) is 11.1. The van der Waals surface area contributed by atoms with Crippen molar-refractivity contribution < 1.29 is 38.8 Å². The number of phosphoric ester groups is 1. The summed E-state index contributed by atoms with van der Waals surface area (Å²) in [7, 11) is -4.36. The van der Waals surface area contributed by atoms with Crippen molar-refractivity contribution in [2.75, 3.05) is 0 Å². The van der Waals surface area contributed by atoms with Crippen LogP contribution in [0.1, 0.15) is 51.4 Å². The second-order valence-corrected chi connectivity index (χ2v) is 11.0. The van der Waals surface area contributed by atoms with Crippen molar-refractivity contribution in [3.05, 3.63) is 131 Å². The summed E-state index contributed by atoms with van der Waals surface area (Å²) in [5.41, 5.74) is 4.08. The molecule has 4 nitrogen and oxygen atoms in total. The fourth-order valence-electron chi connectivity index (χ4n) is 4.19. The predicted molar refractivity (Wildman–Crippen MR) is 142 cm³/mol. The first-order valence-electron chi connectivity index (χ1n) is 11.6. The number of benzene rings is 4. The molecule has 0 heterocycles. The van der Waals surface area contributed by atoms with Gasteiger partial charge < -0.3 is 10.5 Å². The summed E-state index contributed by atoms with van der Waals surface area (Å²) >= 11 is 0. The maximum atomic E-state index is 12.7. The summed E-state index contributed by atoms with van der Waals surface area (Å²) in [6, 6.07) is 34.8. The van der Waals surface area contributed by atoms with E-state index < -0.39 is 7.82 Å². The van der Waals surface area contributed by atoms with Gasteiger partial charge in [0.1, 0.15) is 11.5 Å².